The highest BCUT2D eigenvalue weighted by Crippen LogP contribution is 2.35. The molecule has 166 valence electrons. The van der Waals surface area contributed by atoms with Crippen LogP contribution in [-0.4, -0.2) is 18.1 Å². The summed E-state index contributed by atoms with van der Waals surface area (Å²) in [7, 11) is 0. The number of fused-ring (bicyclic) bond motifs is 3. The van der Waals surface area contributed by atoms with Crippen molar-refractivity contribution in [2.24, 2.45) is 0 Å². The van der Waals surface area contributed by atoms with Crippen LogP contribution in [0.1, 0.15) is 42.0 Å². The van der Waals surface area contributed by atoms with Gasteiger partial charge in [-0.15, -0.1) is 0 Å². The Bertz CT molecular complexity index is 1210. The number of carbonyl (C=O) groups excluding carboxylic acids is 2. The summed E-state index contributed by atoms with van der Waals surface area (Å²) in [5.74, 6) is -0.265. The lowest BCUT2D eigenvalue weighted by Crippen LogP contribution is -2.42. The molecule has 0 spiro atoms. The maximum absolute atomic E-state index is 12.9. The van der Waals surface area contributed by atoms with Crippen molar-refractivity contribution in [3.8, 4) is 5.75 Å². The molecule has 1 aliphatic rings. The molecule has 0 radical (unpaired) electrons. The van der Waals surface area contributed by atoms with Gasteiger partial charge in [0.05, 0.1) is 5.39 Å². The van der Waals surface area contributed by atoms with Gasteiger partial charge in [0.15, 0.2) is 0 Å². The number of rotatable bonds is 6. The standard InChI is InChI=1S/C25H25NO6/c1-3-19(26-25(29)30-14-16-8-5-4-6-9-16)24(28)32-21-13-15(2)12-20-22(21)17-10-7-11-18(17)23(27)31-20/h4-6,8-9,12-13,19H,3,7,10-11,14H2,1-2H3,(H,26,29)/t19-/m1/s1. The third-order valence-electron chi connectivity index (χ3n) is 5.59. The zero-order valence-electron chi connectivity index (χ0n) is 18.1. The van der Waals surface area contributed by atoms with E-state index in [9.17, 15) is 14.4 Å². The Morgan fingerprint density at radius 3 is 2.62 bits per heavy atom. The second kappa shape index (κ2) is 9.26. The summed E-state index contributed by atoms with van der Waals surface area (Å²) in [6.45, 7) is 3.71. The summed E-state index contributed by atoms with van der Waals surface area (Å²) in [5.41, 5.74) is 3.24. The molecule has 2 aromatic carbocycles. The molecule has 0 bridgehead atoms. The zero-order valence-corrected chi connectivity index (χ0v) is 18.1. The Morgan fingerprint density at radius 1 is 1.12 bits per heavy atom. The second-order valence-corrected chi connectivity index (χ2v) is 7.92. The molecule has 4 rings (SSSR count). The zero-order chi connectivity index (χ0) is 22.7. The number of aryl methyl sites for hydroxylation is 2. The van der Waals surface area contributed by atoms with Gasteiger partial charge in [0.25, 0.3) is 0 Å². The van der Waals surface area contributed by atoms with Gasteiger partial charge in [0, 0.05) is 5.56 Å². The van der Waals surface area contributed by atoms with Crippen molar-refractivity contribution in [1.82, 2.24) is 5.32 Å². The van der Waals surface area contributed by atoms with E-state index in [1.165, 1.54) is 0 Å². The molecule has 0 saturated carbocycles. The molecule has 1 N–H and O–H groups in total. The topological polar surface area (TPSA) is 94.8 Å². The second-order valence-electron chi connectivity index (χ2n) is 7.92. The molecular weight excluding hydrogens is 410 g/mol. The van der Waals surface area contributed by atoms with E-state index in [-0.39, 0.29) is 12.2 Å². The number of amides is 1. The fourth-order valence-electron chi connectivity index (χ4n) is 4.00. The highest BCUT2D eigenvalue weighted by molar-refractivity contribution is 5.92. The number of hydrogen-bond acceptors (Lipinski definition) is 6. The first-order valence-corrected chi connectivity index (χ1v) is 10.7. The number of nitrogens with one attached hydrogen (secondary N) is 1. The van der Waals surface area contributed by atoms with Crippen molar-refractivity contribution in [3.05, 3.63) is 75.1 Å². The third kappa shape index (κ3) is 4.51. The van der Waals surface area contributed by atoms with Gasteiger partial charge in [0.2, 0.25) is 0 Å². The van der Waals surface area contributed by atoms with Crippen molar-refractivity contribution in [2.45, 2.75) is 52.2 Å². The number of alkyl carbamates (subject to hydrolysis) is 1. The minimum absolute atomic E-state index is 0.103. The number of carbonyl (C=O) groups is 2. The van der Waals surface area contributed by atoms with Crippen LogP contribution in [0, 0.1) is 6.92 Å². The summed E-state index contributed by atoms with van der Waals surface area (Å²) < 4.78 is 16.4. The highest BCUT2D eigenvalue weighted by Gasteiger charge is 2.26. The molecule has 0 aliphatic heterocycles. The molecular formula is C25H25NO6. The van der Waals surface area contributed by atoms with Crippen LogP contribution < -0.4 is 15.7 Å². The minimum atomic E-state index is -0.877. The summed E-state index contributed by atoms with van der Waals surface area (Å²) in [4.78, 5) is 37.4. The molecule has 7 nitrogen and oxygen atoms in total. The van der Waals surface area contributed by atoms with E-state index in [1.807, 2.05) is 37.3 Å². The van der Waals surface area contributed by atoms with E-state index in [0.717, 1.165) is 29.5 Å². The van der Waals surface area contributed by atoms with Gasteiger partial charge in [-0.3, -0.25) is 0 Å². The lowest BCUT2D eigenvalue weighted by atomic mass is 10.0. The third-order valence-corrected chi connectivity index (χ3v) is 5.59. The largest absolute Gasteiger partial charge is 0.445 e. The molecule has 7 heteroatoms. The Morgan fingerprint density at radius 2 is 1.88 bits per heavy atom. The van der Waals surface area contributed by atoms with E-state index in [1.54, 1.807) is 19.1 Å². The molecule has 1 aliphatic carbocycles. The van der Waals surface area contributed by atoms with Crippen LogP contribution in [0.2, 0.25) is 0 Å². The first-order valence-electron chi connectivity index (χ1n) is 10.7. The van der Waals surface area contributed by atoms with Crippen LogP contribution in [0.15, 0.2) is 51.7 Å². The predicted molar refractivity (Wildman–Crippen MR) is 119 cm³/mol. The monoisotopic (exact) mass is 435 g/mol. The number of esters is 1. The van der Waals surface area contributed by atoms with Gasteiger partial charge in [-0.2, -0.15) is 0 Å². The Hall–Kier alpha value is -3.61. The molecule has 32 heavy (non-hydrogen) atoms. The lowest BCUT2D eigenvalue weighted by Gasteiger charge is -2.17. The summed E-state index contributed by atoms with van der Waals surface area (Å²) in [6.07, 6.45) is 1.87. The van der Waals surface area contributed by atoms with Crippen LogP contribution in [0.3, 0.4) is 0 Å². The Labute approximate surface area is 185 Å². The van der Waals surface area contributed by atoms with Crippen molar-refractivity contribution >= 4 is 23.0 Å². The first kappa shape index (κ1) is 21.6. The van der Waals surface area contributed by atoms with Gasteiger partial charge in [-0.05, 0) is 61.4 Å². The van der Waals surface area contributed by atoms with E-state index < -0.39 is 18.1 Å². The maximum atomic E-state index is 12.9. The average molecular weight is 435 g/mol. The smallest absolute Gasteiger partial charge is 0.408 e. The van der Waals surface area contributed by atoms with Gasteiger partial charge >= 0.3 is 17.7 Å². The van der Waals surface area contributed by atoms with Gasteiger partial charge in [-0.1, -0.05) is 37.3 Å². The quantitative estimate of drug-likeness (QED) is 0.354. The number of ether oxygens (including phenoxy) is 2. The summed E-state index contributed by atoms with van der Waals surface area (Å²) >= 11 is 0. The molecule has 3 aromatic rings. The molecule has 1 aromatic heterocycles. The van der Waals surface area contributed by atoms with Crippen LogP contribution in [0.5, 0.6) is 5.75 Å². The van der Waals surface area contributed by atoms with Crippen molar-refractivity contribution in [1.29, 1.82) is 0 Å². The van der Waals surface area contributed by atoms with Crippen LogP contribution in [0.25, 0.3) is 11.0 Å². The lowest BCUT2D eigenvalue weighted by molar-refractivity contribution is -0.136. The van der Waals surface area contributed by atoms with Crippen LogP contribution >= 0.6 is 0 Å². The van der Waals surface area contributed by atoms with Gasteiger partial charge in [-0.25, -0.2) is 14.4 Å². The SMILES string of the molecule is CC[C@@H](NC(=O)OCc1ccccc1)C(=O)Oc1cc(C)cc2oc(=O)c3c(c12)CCC3. The Kier molecular flexibility index (Phi) is 6.25. The normalized spacial score (nSPS) is 13.4. The average Bonchev–Trinajstić information content (AvgIpc) is 3.27. The fourth-order valence-corrected chi connectivity index (χ4v) is 4.00. The molecule has 0 fully saturated rings. The molecule has 0 saturated heterocycles. The minimum Gasteiger partial charge on any atom is -0.445 e. The van der Waals surface area contributed by atoms with Crippen LogP contribution in [-0.2, 0) is 29.0 Å². The molecule has 1 amide bonds. The molecule has 0 unspecified atom stereocenters. The maximum Gasteiger partial charge on any atom is 0.408 e. The van der Waals surface area contributed by atoms with Crippen molar-refractivity contribution < 1.29 is 23.5 Å². The predicted octanol–water partition coefficient (Wildman–Crippen LogP) is 4.20. The van der Waals surface area contributed by atoms with E-state index in [4.69, 9.17) is 13.9 Å². The highest BCUT2D eigenvalue weighted by atomic mass is 16.6. The Balaban J connectivity index is 1.51. The number of benzene rings is 2. The van der Waals surface area contributed by atoms with Gasteiger partial charge < -0.3 is 19.2 Å². The van der Waals surface area contributed by atoms with Crippen molar-refractivity contribution in [3.63, 3.8) is 0 Å². The summed E-state index contributed by atoms with van der Waals surface area (Å²) in [5, 5.41) is 3.22. The van der Waals surface area contributed by atoms with Crippen molar-refractivity contribution in [2.75, 3.05) is 0 Å². The van der Waals surface area contributed by atoms with E-state index in [2.05, 4.69) is 5.32 Å². The van der Waals surface area contributed by atoms with E-state index >= 15 is 0 Å². The first-order chi connectivity index (χ1) is 15.5. The molecule has 1 heterocycles. The van der Waals surface area contributed by atoms with Crippen LogP contribution in [0.4, 0.5) is 4.79 Å². The molecule has 1 atom stereocenters. The number of hydrogen-bond donors (Lipinski definition) is 1. The summed E-state index contributed by atoms with van der Waals surface area (Å²) in [6, 6.07) is 11.9. The van der Waals surface area contributed by atoms with Gasteiger partial charge in [0.1, 0.15) is 24.0 Å². The fraction of sp³-hybridized carbons (Fsp3) is 0.320. The van der Waals surface area contributed by atoms with E-state index in [0.29, 0.717) is 35.1 Å².